The zero-order chi connectivity index (χ0) is 19.0. The molecule has 7 heteroatoms. The van der Waals surface area contributed by atoms with E-state index in [1.165, 1.54) is 4.68 Å². The molecular formula is C20H18N4O3. The maximum Gasteiger partial charge on any atom is 0.295 e. The minimum Gasteiger partial charge on any atom is -0.356 e. The van der Waals surface area contributed by atoms with E-state index in [1.807, 2.05) is 48.5 Å². The quantitative estimate of drug-likeness (QED) is 0.605. The van der Waals surface area contributed by atoms with Gasteiger partial charge >= 0.3 is 0 Å². The number of hydrogen-bond acceptors (Lipinski definition) is 4. The zero-order valence-corrected chi connectivity index (χ0v) is 15.0. The lowest BCUT2D eigenvalue weighted by Gasteiger charge is -2.07. The molecule has 1 amide bonds. The number of para-hydroxylation sites is 2. The van der Waals surface area contributed by atoms with Crippen molar-refractivity contribution in [3.05, 3.63) is 76.3 Å². The van der Waals surface area contributed by atoms with Crippen molar-refractivity contribution in [2.75, 3.05) is 5.32 Å². The van der Waals surface area contributed by atoms with E-state index in [2.05, 4.69) is 10.5 Å². The number of rotatable bonds is 4. The lowest BCUT2D eigenvalue weighted by Crippen LogP contribution is -2.23. The van der Waals surface area contributed by atoms with Crippen LogP contribution in [0.4, 0.5) is 5.69 Å². The van der Waals surface area contributed by atoms with Gasteiger partial charge < -0.3 is 9.84 Å². The Hall–Kier alpha value is -3.61. The van der Waals surface area contributed by atoms with Crippen molar-refractivity contribution < 1.29 is 9.32 Å². The molecule has 0 radical (unpaired) electrons. The normalized spacial score (nSPS) is 11.0. The maximum absolute atomic E-state index is 12.9. The van der Waals surface area contributed by atoms with Gasteiger partial charge in [-0.2, -0.15) is 0 Å². The second-order valence-electron chi connectivity index (χ2n) is 6.29. The van der Waals surface area contributed by atoms with E-state index in [4.69, 9.17) is 4.52 Å². The summed E-state index contributed by atoms with van der Waals surface area (Å²) in [7, 11) is 1.78. The molecule has 0 aliphatic heterocycles. The van der Waals surface area contributed by atoms with Crippen LogP contribution in [-0.2, 0) is 18.3 Å². The Morgan fingerprint density at radius 2 is 1.81 bits per heavy atom. The van der Waals surface area contributed by atoms with Crippen LogP contribution in [0, 0.1) is 6.92 Å². The molecule has 7 nitrogen and oxygen atoms in total. The van der Waals surface area contributed by atoms with Gasteiger partial charge in [0.1, 0.15) is 11.4 Å². The van der Waals surface area contributed by atoms with Crippen molar-refractivity contribution in [1.29, 1.82) is 0 Å². The summed E-state index contributed by atoms with van der Waals surface area (Å²) in [6, 6.07) is 16.6. The smallest absolute Gasteiger partial charge is 0.295 e. The van der Waals surface area contributed by atoms with E-state index in [0.29, 0.717) is 17.0 Å². The van der Waals surface area contributed by atoms with Crippen molar-refractivity contribution in [2.45, 2.75) is 13.3 Å². The first-order chi connectivity index (χ1) is 13.1. The third-order valence-corrected chi connectivity index (χ3v) is 4.60. The first-order valence-corrected chi connectivity index (χ1v) is 8.53. The average molecular weight is 362 g/mol. The van der Waals surface area contributed by atoms with Crippen LogP contribution in [0.5, 0.6) is 0 Å². The molecule has 2 aromatic heterocycles. The Morgan fingerprint density at radius 3 is 2.59 bits per heavy atom. The van der Waals surface area contributed by atoms with Crippen LogP contribution >= 0.6 is 0 Å². The Labute approximate surface area is 154 Å². The molecule has 136 valence electrons. The second kappa shape index (κ2) is 6.60. The fraction of sp³-hybridized carbons (Fsp3) is 0.150. The number of anilines is 1. The van der Waals surface area contributed by atoms with Gasteiger partial charge in [-0.05, 0) is 31.2 Å². The molecule has 0 saturated carbocycles. The van der Waals surface area contributed by atoms with E-state index < -0.39 is 0 Å². The number of hydrogen-bond donors (Lipinski definition) is 1. The number of nitrogens with one attached hydrogen (secondary N) is 1. The van der Waals surface area contributed by atoms with Crippen molar-refractivity contribution in [2.24, 2.45) is 7.05 Å². The van der Waals surface area contributed by atoms with Gasteiger partial charge in [-0.15, -0.1) is 0 Å². The largest absolute Gasteiger partial charge is 0.356 e. The van der Waals surface area contributed by atoms with Crippen LogP contribution in [-0.4, -0.2) is 20.4 Å². The molecule has 0 spiro atoms. The summed E-state index contributed by atoms with van der Waals surface area (Å²) >= 11 is 0. The van der Waals surface area contributed by atoms with Crippen molar-refractivity contribution in [1.82, 2.24) is 14.5 Å². The number of aromatic nitrogens is 3. The number of benzene rings is 2. The summed E-state index contributed by atoms with van der Waals surface area (Å²) in [6.45, 7) is 1.79. The topological polar surface area (TPSA) is 82.1 Å². The highest BCUT2D eigenvalue weighted by atomic mass is 16.5. The summed E-state index contributed by atoms with van der Waals surface area (Å²) in [5.74, 6) is -0.319. The third kappa shape index (κ3) is 2.93. The first-order valence-electron chi connectivity index (χ1n) is 8.53. The van der Waals surface area contributed by atoms with E-state index in [9.17, 15) is 9.59 Å². The zero-order valence-electron chi connectivity index (χ0n) is 15.0. The monoisotopic (exact) mass is 362 g/mol. The highest BCUT2D eigenvalue weighted by molar-refractivity contribution is 5.95. The van der Waals surface area contributed by atoms with Crippen LogP contribution in [0.3, 0.4) is 0 Å². The lowest BCUT2D eigenvalue weighted by molar-refractivity contribution is -0.115. The van der Waals surface area contributed by atoms with Crippen LogP contribution in [0.2, 0.25) is 0 Å². The number of nitrogens with zero attached hydrogens (tertiary/aromatic N) is 3. The highest BCUT2D eigenvalue weighted by Crippen LogP contribution is 2.19. The van der Waals surface area contributed by atoms with Crippen LogP contribution in [0.25, 0.3) is 16.7 Å². The Morgan fingerprint density at radius 1 is 1.11 bits per heavy atom. The molecular weight excluding hydrogens is 344 g/mol. The van der Waals surface area contributed by atoms with Gasteiger partial charge in [-0.25, -0.2) is 4.68 Å². The fourth-order valence-electron chi connectivity index (χ4n) is 3.11. The molecule has 0 unspecified atom stereocenters. The standard InChI is InChI=1S/C20H18N4O3/c1-13-19(20(26)24(23(13)2)14-8-4-3-5-9-14)21-18(25)12-16-15-10-6-7-11-17(15)27-22-16/h3-11H,12H2,1-2H3,(H,21,25). The molecule has 4 aromatic rings. The second-order valence-corrected chi connectivity index (χ2v) is 6.29. The molecule has 2 aromatic carbocycles. The molecule has 0 atom stereocenters. The van der Waals surface area contributed by atoms with Gasteiger partial charge in [0.05, 0.1) is 17.8 Å². The minimum atomic E-state index is -0.319. The Balaban J connectivity index is 1.63. The van der Waals surface area contributed by atoms with Gasteiger partial charge in [0.15, 0.2) is 5.58 Å². The minimum absolute atomic E-state index is 0.0239. The van der Waals surface area contributed by atoms with Gasteiger partial charge in [-0.3, -0.25) is 14.3 Å². The maximum atomic E-state index is 12.9. The molecule has 2 heterocycles. The summed E-state index contributed by atoms with van der Waals surface area (Å²) in [5.41, 5.74) is 2.56. The first kappa shape index (κ1) is 16.8. The van der Waals surface area contributed by atoms with Crippen LogP contribution in [0.15, 0.2) is 63.9 Å². The third-order valence-electron chi connectivity index (χ3n) is 4.60. The van der Waals surface area contributed by atoms with E-state index >= 15 is 0 Å². The highest BCUT2D eigenvalue weighted by Gasteiger charge is 2.19. The van der Waals surface area contributed by atoms with Gasteiger partial charge in [0.25, 0.3) is 5.56 Å². The van der Waals surface area contributed by atoms with Crippen LogP contribution < -0.4 is 10.9 Å². The molecule has 0 aliphatic rings. The van der Waals surface area contributed by atoms with Crippen molar-refractivity contribution in [3.8, 4) is 5.69 Å². The number of carbonyl (C=O) groups is 1. The summed E-state index contributed by atoms with van der Waals surface area (Å²) in [6.07, 6.45) is 0.0239. The van der Waals surface area contributed by atoms with E-state index in [1.54, 1.807) is 24.7 Å². The molecule has 27 heavy (non-hydrogen) atoms. The average Bonchev–Trinajstić information content (AvgIpc) is 3.17. The van der Waals surface area contributed by atoms with Crippen LogP contribution in [0.1, 0.15) is 11.4 Å². The molecule has 0 aliphatic carbocycles. The number of carbonyl (C=O) groups excluding carboxylic acids is 1. The molecule has 4 rings (SSSR count). The number of fused-ring (bicyclic) bond motifs is 1. The van der Waals surface area contributed by atoms with E-state index in [0.717, 1.165) is 11.1 Å². The predicted molar refractivity (Wildman–Crippen MR) is 102 cm³/mol. The fourth-order valence-corrected chi connectivity index (χ4v) is 3.11. The predicted octanol–water partition coefficient (Wildman–Crippen LogP) is 2.81. The molecule has 0 fully saturated rings. The molecule has 0 saturated heterocycles. The molecule has 1 N–H and O–H groups in total. The van der Waals surface area contributed by atoms with E-state index in [-0.39, 0.29) is 23.6 Å². The Bertz CT molecular complexity index is 1190. The summed E-state index contributed by atoms with van der Waals surface area (Å²) in [5, 5.41) is 7.50. The number of amides is 1. The van der Waals surface area contributed by atoms with Crippen molar-refractivity contribution >= 4 is 22.6 Å². The van der Waals surface area contributed by atoms with Gasteiger partial charge in [0.2, 0.25) is 5.91 Å². The van der Waals surface area contributed by atoms with Gasteiger partial charge in [-0.1, -0.05) is 35.5 Å². The van der Waals surface area contributed by atoms with Gasteiger partial charge in [0, 0.05) is 12.4 Å². The summed E-state index contributed by atoms with van der Waals surface area (Å²) in [4.78, 5) is 25.4. The molecule has 0 bridgehead atoms. The SMILES string of the molecule is Cc1c(NC(=O)Cc2noc3ccccc23)c(=O)n(-c2ccccc2)n1C. The lowest BCUT2D eigenvalue weighted by atomic mass is 10.1. The Kier molecular flexibility index (Phi) is 4.12. The van der Waals surface area contributed by atoms with Crippen molar-refractivity contribution in [3.63, 3.8) is 0 Å². The summed E-state index contributed by atoms with van der Waals surface area (Å²) < 4.78 is 8.47.